The van der Waals surface area contributed by atoms with Gasteiger partial charge in [-0.1, -0.05) is 24.3 Å². The Balaban J connectivity index is 3.28. The fourth-order valence-electron chi connectivity index (χ4n) is 0.653. The van der Waals surface area contributed by atoms with E-state index in [1.807, 2.05) is 0 Å². The molecule has 0 unspecified atom stereocenters. The molecule has 1 aromatic rings. The van der Waals surface area contributed by atoms with Gasteiger partial charge in [0.05, 0.1) is 13.1 Å². The standard InChI is InChI=1S/C8H4N2/c1-9-7-5-3-4-6-8(7)10-2/h3-6H. The molecule has 0 fully saturated rings. The maximum Gasteiger partial charge on any atom is 0.194 e. The SMILES string of the molecule is [C-]#[N+]c1ccccc1[N+]#[C-]. The first kappa shape index (κ1) is 6.32. The summed E-state index contributed by atoms with van der Waals surface area (Å²) >= 11 is 0. The minimum atomic E-state index is 0.428. The van der Waals surface area contributed by atoms with E-state index < -0.39 is 0 Å². The molecule has 0 aliphatic heterocycles. The van der Waals surface area contributed by atoms with Crippen molar-refractivity contribution in [3.8, 4) is 0 Å². The zero-order valence-corrected chi connectivity index (χ0v) is 5.20. The van der Waals surface area contributed by atoms with Gasteiger partial charge in [-0.25, -0.2) is 0 Å². The molecule has 46 valence electrons. The van der Waals surface area contributed by atoms with Crippen LogP contribution in [0.15, 0.2) is 24.3 Å². The fourth-order valence-corrected chi connectivity index (χ4v) is 0.653. The van der Waals surface area contributed by atoms with Crippen molar-refractivity contribution < 1.29 is 0 Å². The topological polar surface area (TPSA) is 8.72 Å². The molecule has 0 heterocycles. The van der Waals surface area contributed by atoms with Crippen LogP contribution >= 0.6 is 0 Å². The Labute approximate surface area is 59.4 Å². The molecule has 0 spiro atoms. The first-order chi connectivity index (χ1) is 4.88. The molecular weight excluding hydrogens is 124 g/mol. The lowest BCUT2D eigenvalue weighted by Gasteiger charge is -1.88. The number of nitrogens with zero attached hydrogens (tertiary/aromatic N) is 2. The van der Waals surface area contributed by atoms with Crippen LogP contribution in [0, 0.1) is 13.1 Å². The van der Waals surface area contributed by atoms with Crippen LogP contribution < -0.4 is 0 Å². The van der Waals surface area contributed by atoms with E-state index in [4.69, 9.17) is 13.1 Å². The summed E-state index contributed by atoms with van der Waals surface area (Å²) in [6.07, 6.45) is 0. The minimum absolute atomic E-state index is 0.428. The van der Waals surface area contributed by atoms with Gasteiger partial charge < -0.3 is 0 Å². The maximum atomic E-state index is 6.67. The van der Waals surface area contributed by atoms with E-state index in [0.717, 1.165) is 0 Å². The summed E-state index contributed by atoms with van der Waals surface area (Å²) in [6.45, 7) is 13.3. The van der Waals surface area contributed by atoms with Gasteiger partial charge >= 0.3 is 0 Å². The normalized spacial score (nSPS) is 7.80. The number of hydrogen-bond donors (Lipinski definition) is 0. The molecular formula is C8H4N2. The maximum absolute atomic E-state index is 6.67. The van der Waals surface area contributed by atoms with Gasteiger partial charge in [-0.05, 0) is 0 Å². The Morgan fingerprint density at radius 1 is 0.900 bits per heavy atom. The second-order valence-corrected chi connectivity index (χ2v) is 1.71. The number of para-hydroxylation sites is 2. The van der Waals surface area contributed by atoms with Crippen molar-refractivity contribution in [2.45, 2.75) is 0 Å². The number of hydrogen-bond acceptors (Lipinski definition) is 0. The van der Waals surface area contributed by atoms with Crippen LogP contribution in [0.3, 0.4) is 0 Å². The molecule has 0 aliphatic rings. The van der Waals surface area contributed by atoms with Crippen molar-refractivity contribution in [2.75, 3.05) is 0 Å². The molecule has 0 aromatic heterocycles. The van der Waals surface area contributed by atoms with Gasteiger partial charge in [0, 0.05) is 0 Å². The smallest absolute Gasteiger partial charge is 0.194 e. The van der Waals surface area contributed by atoms with Crippen LogP contribution in [0.1, 0.15) is 0 Å². The van der Waals surface area contributed by atoms with Crippen molar-refractivity contribution in [3.63, 3.8) is 0 Å². The summed E-state index contributed by atoms with van der Waals surface area (Å²) in [5, 5.41) is 0. The van der Waals surface area contributed by atoms with Crippen LogP contribution in [-0.2, 0) is 0 Å². The van der Waals surface area contributed by atoms with Crippen molar-refractivity contribution >= 4 is 11.4 Å². The summed E-state index contributed by atoms with van der Waals surface area (Å²) in [5.74, 6) is 0. The summed E-state index contributed by atoms with van der Waals surface area (Å²) < 4.78 is 0. The highest BCUT2D eigenvalue weighted by molar-refractivity contribution is 5.69. The van der Waals surface area contributed by atoms with Gasteiger partial charge in [0.2, 0.25) is 0 Å². The Morgan fingerprint density at radius 3 is 1.60 bits per heavy atom. The molecule has 0 bridgehead atoms. The highest BCUT2D eigenvalue weighted by Crippen LogP contribution is 2.26. The first-order valence-corrected chi connectivity index (χ1v) is 2.72. The molecule has 1 rings (SSSR count). The van der Waals surface area contributed by atoms with E-state index >= 15 is 0 Å². The predicted octanol–water partition coefficient (Wildman–Crippen LogP) is 2.79. The Hall–Kier alpha value is -1.80. The summed E-state index contributed by atoms with van der Waals surface area (Å²) in [4.78, 5) is 6.36. The lowest BCUT2D eigenvalue weighted by Crippen LogP contribution is -1.59. The molecule has 0 atom stereocenters. The first-order valence-electron chi connectivity index (χ1n) is 2.72. The van der Waals surface area contributed by atoms with Crippen molar-refractivity contribution in [1.29, 1.82) is 0 Å². The van der Waals surface area contributed by atoms with E-state index in [-0.39, 0.29) is 0 Å². The van der Waals surface area contributed by atoms with E-state index in [9.17, 15) is 0 Å². The lowest BCUT2D eigenvalue weighted by molar-refractivity contribution is 1.72. The number of benzene rings is 1. The minimum Gasteiger partial charge on any atom is -0.250 e. The summed E-state index contributed by atoms with van der Waals surface area (Å²) in [6, 6.07) is 6.78. The van der Waals surface area contributed by atoms with Crippen molar-refractivity contribution in [3.05, 3.63) is 47.1 Å². The van der Waals surface area contributed by atoms with Gasteiger partial charge in [-0.3, -0.25) is 9.69 Å². The molecule has 0 radical (unpaired) electrons. The second-order valence-electron chi connectivity index (χ2n) is 1.71. The Kier molecular flexibility index (Phi) is 1.68. The quantitative estimate of drug-likeness (QED) is 0.475. The van der Waals surface area contributed by atoms with Crippen LogP contribution in [0.25, 0.3) is 9.69 Å². The molecule has 0 aliphatic carbocycles. The second kappa shape index (κ2) is 2.66. The van der Waals surface area contributed by atoms with Crippen LogP contribution in [-0.4, -0.2) is 0 Å². The van der Waals surface area contributed by atoms with Crippen LogP contribution in [0.2, 0.25) is 0 Å². The van der Waals surface area contributed by atoms with Gasteiger partial charge in [0.25, 0.3) is 0 Å². The van der Waals surface area contributed by atoms with E-state index in [2.05, 4.69) is 9.69 Å². The Bertz CT molecular complexity index is 282. The fraction of sp³-hybridized carbons (Fsp3) is 0. The monoisotopic (exact) mass is 128 g/mol. The van der Waals surface area contributed by atoms with Crippen molar-refractivity contribution in [1.82, 2.24) is 0 Å². The summed E-state index contributed by atoms with van der Waals surface area (Å²) in [5.41, 5.74) is 0.856. The molecule has 0 N–H and O–H groups in total. The molecule has 0 saturated heterocycles. The van der Waals surface area contributed by atoms with E-state index in [1.165, 1.54) is 0 Å². The summed E-state index contributed by atoms with van der Waals surface area (Å²) in [7, 11) is 0. The van der Waals surface area contributed by atoms with Gasteiger partial charge in [0.15, 0.2) is 11.4 Å². The molecule has 0 amide bonds. The largest absolute Gasteiger partial charge is 0.250 e. The average Bonchev–Trinajstić information content (AvgIpc) is 2.04. The van der Waals surface area contributed by atoms with Gasteiger partial charge in [-0.15, -0.1) is 0 Å². The zero-order valence-electron chi connectivity index (χ0n) is 5.20. The van der Waals surface area contributed by atoms with Crippen LogP contribution in [0.5, 0.6) is 0 Å². The molecule has 2 nitrogen and oxygen atoms in total. The number of rotatable bonds is 0. The highest BCUT2D eigenvalue weighted by Gasteiger charge is 1.96. The average molecular weight is 128 g/mol. The van der Waals surface area contributed by atoms with Crippen LogP contribution in [0.4, 0.5) is 11.4 Å². The van der Waals surface area contributed by atoms with Crippen molar-refractivity contribution in [2.24, 2.45) is 0 Å². The van der Waals surface area contributed by atoms with Gasteiger partial charge in [0.1, 0.15) is 0 Å². The highest BCUT2D eigenvalue weighted by atomic mass is 14.7. The molecule has 2 heteroatoms. The Morgan fingerprint density at radius 2 is 1.30 bits per heavy atom. The molecule has 0 saturated carbocycles. The third kappa shape index (κ3) is 0.962. The third-order valence-corrected chi connectivity index (χ3v) is 1.12. The zero-order chi connectivity index (χ0) is 7.40. The van der Waals surface area contributed by atoms with E-state index in [1.54, 1.807) is 24.3 Å². The predicted molar refractivity (Wildman–Crippen MR) is 39.0 cm³/mol. The molecule has 10 heavy (non-hydrogen) atoms. The van der Waals surface area contributed by atoms with E-state index in [0.29, 0.717) is 11.4 Å². The molecule has 1 aromatic carbocycles. The lowest BCUT2D eigenvalue weighted by atomic mass is 10.3. The van der Waals surface area contributed by atoms with Gasteiger partial charge in [-0.2, -0.15) is 0 Å². The third-order valence-electron chi connectivity index (χ3n) is 1.12.